The van der Waals surface area contributed by atoms with Crippen molar-refractivity contribution < 1.29 is 5.11 Å². The number of nitrogen functional groups attached to an aromatic ring is 2. The van der Waals surface area contributed by atoms with Gasteiger partial charge in [0.05, 0.1) is 0 Å². The van der Waals surface area contributed by atoms with Crippen molar-refractivity contribution in [3.05, 3.63) is 42.5 Å². The van der Waals surface area contributed by atoms with E-state index in [2.05, 4.69) is 0 Å². The Kier molecular flexibility index (Phi) is 3.64. The molecule has 0 atom stereocenters. The summed E-state index contributed by atoms with van der Waals surface area (Å²) in [5.74, 6) is 0.243. The van der Waals surface area contributed by atoms with Gasteiger partial charge in [0.2, 0.25) is 0 Å². The van der Waals surface area contributed by atoms with E-state index in [0.717, 1.165) is 11.1 Å². The second-order valence-electron chi connectivity index (χ2n) is 3.39. The minimum absolute atomic E-state index is 0. The topological polar surface area (TPSA) is 72.3 Å². The molecule has 4 heteroatoms. The maximum atomic E-state index is 9.17. The zero-order valence-electron chi connectivity index (χ0n) is 8.55. The zero-order valence-corrected chi connectivity index (χ0v) is 9.37. The highest BCUT2D eigenvalue weighted by atomic mass is 35.5. The summed E-state index contributed by atoms with van der Waals surface area (Å²) in [6, 6.07) is 12.3. The van der Waals surface area contributed by atoms with E-state index < -0.39 is 0 Å². The molecule has 0 aliphatic carbocycles. The maximum absolute atomic E-state index is 9.17. The Morgan fingerprint density at radius 3 is 2.06 bits per heavy atom. The predicted molar refractivity (Wildman–Crippen MR) is 69.6 cm³/mol. The van der Waals surface area contributed by atoms with Crippen molar-refractivity contribution in [1.29, 1.82) is 0 Å². The molecule has 2 aromatic rings. The first-order valence-corrected chi connectivity index (χ1v) is 4.61. The number of aromatic hydroxyl groups is 1. The van der Waals surface area contributed by atoms with Crippen LogP contribution < -0.4 is 11.5 Å². The standard InChI is InChI=1S/C12H12N2O.ClH/c13-9-3-6-11(12(14)7-9)8-1-4-10(15)5-2-8;/h1-7,15H,13-14H2;1H. The maximum Gasteiger partial charge on any atom is 0.115 e. The molecule has 0 aromatic heterocycles. The smallest absolute Gasteiger partial charge is 0.115 e. The van der Waals surface area contributed by atoms with Gasteiger partial charge in [-0.2, -0.15) is 0 Å². The average Bonchev–Trinajstić information content (AvgIpc) is 2.20. The van der Waals surface area contributed by atoms with Gasteiger partial charge in [-0.1, -0.05) is 18.2 Å². The third-order valence-corrected chi connectivity index (χ3v) is 2.25. The molecule has 0 aliphatic rings. The number of phenols is 1. The molecule has 0 spiro atoms. The Morgan fingerprint density at radius 2 is 1.50 bits per heavy atom. The summed E-state index contributed by atoms with van der Waals surface area (Å²) in [6.07, 6.45) is 0. The Labute approximate surface area is 100 Å². The Bertz CT molecular complexity index is 483. The molecule has 0 amide bonds. The fourth-order valence-corrected chi connectivity index (χ4v) is 1.49. The fourth-order valence-electron chi connectivity index (χ4n) is 1.49. The summed E-state index contributed by atoms with van der Waals surface area (Å²) in [5, 5.41) is 9.17. The third kappa shape index (κ3) is 2.38. The molecule has 0 radical (unpaired) electrons. The van der Waals surface area contributed by atoms with Crippen LogP contribution in [0.15, 0.2) is 42.5 Å². The molecule has 0 unspecified atom stereocenters. The van der Waals surface area contributed by atoms with Crippen LogP contribution in [-0.4, -0.2) is 5.11 Å². The predicted octanol–water partition coefficient (Wildman–Crippen LogP) is 2.65. The van der Waals surface area contributed by atoms with Gasteiger partial charge >= 0.3 is 0 Å². The van der Waals surface area contributed by atoms with E-state index in [9.17, 15) is 0 Å². The summed E-state index contributed by atoms with van der Waals surface area (Å²) in [6.45, 7) is 0. The number of nitrogens with two attached hydrogens (primary N) is 2. The van der Waals surface area contributed by atoms with Gasteiger partial charge in [0.25, 0.3) is 0 Å². The summed E-state index contributed by atoms with van der Waals surface area (Å²) >= 11 is 0. The van der Waals surface area contributed by atoms with Crippen LogP contribution in [0.4, 0.5) is 11.4 Å². The summed E-state index contributed by atoms with van der Waals surface area (Å²) in [7, 11) is 0. The van der Waals surface area contributed by atoms with Gasteiger partial charge in [-0.15, -0.1) is 12.4 Å². The molecule has 3 nitrogen and oxygen atoms in total. The van der Waals surface area contributed by atoms with Gasteiger partial charge in [-0.25, -0.2) is 0 Å². The first-order chi connectivity index (χ1) is 7.16. The molecule has 16 heavy (non-hydrogen) atoms. The lowest BCUT2D eigenvalue weighted by molar-refractivity contribution is 0.475. The Balaban J connectivity index is 0.00000128. The molecule has 0 aliphatic heterocycles. The number of halogens is 1. The van der Waals surface area contributed by atoms with E-state index in [1.165, 1.54) is 0 Å². The van der Waals surface area contributed by atoms with Crippen LogP contribution in [-0.2, 0) is 0 Å². The van der Waals surface area contributed by atoms with E-state index >= 15 is 0 Å². The van der Waals surface area contributed by atoms with Gasteiger partial charge in [0, 0.05) is 16.9 Å². The number of rotatable bonds is 1. The van der Waals surface area contributed by atoms with Crippen LogP contribution in [0.1, 0.15) is 0 Å². The van der Waals surface area contributed by atoms with Crippen LogP contribution >= 0.6 is 12.4 Å². The van der Waals surface area contributed by atoms with Crippen molar-refractivity contribution in [3.8, 4) is 16.9 Å². The second kappa shape index (κ2) is 4.77. The molecule has 0 heterocycles. The van der Waals surface area contributed by atoms with Crippen molar-refractivity contribution in [2.45, 2.75) is 0 Å². The molecule has 5 N–H and O–H groups in total. The van der Waals surface area contributed by atoms with Crippen molar-refractivity contribution in [1.82, 2.24) is 0 Å². The van der Waals surface area contributed by atoms with Gasteiger partial charge in [-0.05, 0) is 29.8 Å². The average molecular weight is 237 g/mol. The van der Waals surface area contributed by atoms with E-state index in [-0.39, 0.29) is 18.2 Å². The highest BCUT2D eigenvalue weighted by Crippen LogP contribution is 2.28. The first kappa shape index (κ1) is 12.2. The number of hydrogen-bond acceptors (Lipinski definition) is 3. The summed E-state index contributed by atoms with van der Waals surface area (Å²) in [5.41, 5.74) is 14.6. The van der Waals surface area contributed by atoms with Crippen molar-refractivity contribution in [3.63, 3.8) is 0 Å². The van der Waals surface area contributed by atoms with Crippen LogP contribution in [0.25, 0.3) is 11.1 Å². The van der Waals surface area contributed by atoms with E-state index in [0.29, 0.717) is 11.4 Å². The van der Waals surface area contributed by atoms with Gasteiger partial charge in [0.15, 0.2) is 0 Å². The molecule has 0 saturated heterocycles. The summed E-state index contributed by atoms with van der Waals surface area (Å²) < 4.78 is 0. The highest BCUT2D eigenvalue weighted by molar-refractivity contribution is 5.85. The largest absolute Gasteiger partial charge is 0.508 e. The molecule has 84 valence electrons. The van der Waals surface area contributed by atoms with Crippen molar-refractivity contribution in [2.75, 3.05) is 11.5 Å². The van der Waals surface area contributed by atoms with E-state index in [1.54, 1.807) is 24.3 Å². The minimum Gasteiger partial charge on any atom is -0.508 e. The van der Waals surface area contributed by atoms with Gasteiger partial charge < -0.3 is 16.6 Å². The molecule has 0 saturated carbocycles. The Hall–Kier alpha value is -1.87. The van der Waals surface area contributed by atoms with E-state index in [1.807, 2.05) is 18.2 Å². The molecular weight excluding hydrogens is 224 g/mol. The number of benzene rings is 2. The number of hydrogen-bond donors (Lipinski definition) is 3. The lowest BCUT2D eigenvalue weighted by Gasteiger charge is -2.06. The van der Waals surface area contributed by atoms with Gasteiger partial charge in [0.1, 0.15) is 5.75 Å². The van der Waals surface area contributed by atoms with Gasteiger partial charge in [-0.3, -0.25) is 0 Å². The van der Waals surface area contributed by atoms with Crippen LogP contribution in [0, 0.1) is 0 Å². The Morgan fingerprint density at radius 1 is 0.875 bits per heavy atom. The number of anilines is 2. The number of phenolic OH excluding ortho intramolecular Hbond substituents is 1. The summed E-state index contributed by atoms with van der Waals surface area (Å²) in [4.78, 5) is 0. The molecule has 0 bridgehead atoms. The lowest BCUT2D eigenvalue weighted by atomic mass is 10.0. The molecule has 2 aromatic carbocycles. The highest BCUT2D eigenvalue weighted by Gasteiger charge is 2.02. The van der Waals surface area contributed by atoms with Crippen LogP contribution in [0.5, 0.6) is 5.75 Å². The SMILES string of the molecule is Cl.Nc1ccc(-c2ccc(O)cc2)c(N)c1. The quantitative estimate of drug-likeness (QED) is 0.667. The minimum atomic E-state index is 0. The zero-order chi connectivity index (χ0) is 10.8. The van der Waals surface area contributed by atoms with Crippen molar-refractivity contribution >= 4 is 23.8 Å². The van der Waals surface area contributed by atoms with Crippen LogP contribution in [0.3, 0.4) is 0 Å². The second-order valence-corrected chi connectivity index (χ2v) is 3.39. The van der Waals surface area contributed by atoms with E-state index in [4.69, 9.17) is 16.6 Å². The fraction of sp³-hybridized carbons (Fsp3) is 0. The molecular formula is C12H13ClN2O. The molecule has 0 fully saturated rings. The lowest BCUT2D eigenvalue weighted by Crippen LogP contribution is -1.92. The monoisotopic (exact) mass is 236 g/mol. The third-order valence-electron chi connectivity index (χ3n) is 2.25. The van der Waals surface area contributed by atoms with Crippen molar-refractivity contribution in [2.24, 2.45) is 0 Å². The molecule has 2 rings (SSSR count). The first-order valence-electron chi connectivity index (χ1n) is 4.61. The normalized spacial score (nSPS) is 9.50. The van der Waals surface area contributed by atoms with Crippen LogP contribution in [0.2, 0.25) is 0 Å².